The predicted octanol–water partition coefficient (Wildman–Crippen LogP) is 3.97. The number of hydrogen-bond donors (Lipinski definition) is 1. The first-order valence-corrected chi connectivity index (χ1v) is 8.03. The van der Waals surface area contributed by atoms with Crippen molar-refractivity contribution in [3.8, 4) is 0 Å². The number of esters is 1. The van der Waals surface area contributed by atoms with Crippen LogP contribution in [-0.4, -0.2) is 22.9 Å². The fourth-order valence-corrected chi connectivity index (χ4v) is 2.21. The summed E-state index contributed by atoms with van der Waals surface area (Å²) < 4.78 is 18.0. The number of para-hydroxylation sites is 2. The van der Waals surface area contributed by atoms with Crippen LogP contribution in [0.5, 0.6) is 0 Å². The van der Waals surface area contributed by atoms with Gasteiger partial charge < -0.3 is 10.1 Å². The molecule has 0 fully saturated rings. The molecule has 0 aromatic heterocycles. The number of hydrogen-bond acceptors (Lipinski definition) is 5. The van der Waals surface area contributed by atoms with Gasteiger partial charge in [-0.2, -0.15) is 0 Å². The number of nitrogens with one attached hydrogen (secondary N) is 1. The molecule has 140 valence electrons. The van der Waals surface area contributed by atoms with Gasteiger partial charge in [0.1, 0.15) is 11.5 Å². The van der Waals surface area contributed by atoms with E-state index in [1.54, 1.807) is 0 Å². The summed E-state index contributed by atoms with van der Waals surface area (Å²) in [6, 6.07) is 9.47. The molecule has 0 spiro atoms. The zero-order valence-corrected chi connectivity index (χ0v) is 14.8. The summed E-state index contributed by atoms with van der Waals surface area (Å²) in [7, 11) is 0. The van der Waals surface area contributed by atoms with Crippen molar-refractivity contribution >= 4 is 40.9 Å². The normalized spacial score (nSPS) is 11.8. The first kappa shape index (κ1) is 20.1. The third-order valence-corrected chi connectivity index (χ3v) is 3.67. The van der Waals surface area contributed by atoms with Crippen molar-refractivity contribution in [1.82, 2.24) is 0 Å². The highest BCUT2D eigenvalue weighted by atomic mass is 35.5. The lowest BCUT2D eigenvalue weighted by atomic mass is 10.2. The quantitative estimate of drug-likeness (QED) is 0.347. The Morgan fingerprint density at radius 2 is 2.00 bits per heavy atom. The van der Waals surface area contributed by atoms with E-state index in [0.717, 1.165) is 12.1 Å². The Bertz CT molecular complexity index is 916. The largest absolute Gasteiger partial charge is 0.449 e. The lowest BCUT2D eigenvalue weighted by Crippen LogP contribution is -2.29. The second-order valence-electron chi connectivity index (χ2n) is 5.35. The molecule has 0 unspecified atom stereocenters. The standard InChI is InChI=1S/C18H14ClFN2O5/c1-11(18(24)21-15-4-2-3-5-16(15)22(25)26)27-17(23)9-7-12-6-8-14(20)13(19)10-12/h2-11H,1H3,(H,21,24)/b9-7+/t11-/m1/s1. The molecule has 27 heavy (non-hydrogen) atoms. The number of nitro groups is 1. The minimum Gasteiger partial charge on any atom is -0.449 e. The Balaban J connectivity index is 1.97. The van der Waals surface area contributed by atoms with Crippen LogP contribution in [0, 0.1) is 15.9 Å². The highest BCUT2D eigenvalue weighted by molar-refractivity contribution is 6.30. The molecule has 0 saturated heterocycles. The second-order valence-corrected chi connectivity index (χ2v) is 5.76. The van der Waals surface area contributed by atoms with Crippen LogP contribution in [0.15, 0.2) is 48.5 Å². The number of carbonyl (C=O) groups excluding carboxylic acids is 2. The summed E-state index contributed by atoms with van der Waals surface area (Å²) in [5, 5.41) is 13.2. The monoisotopic (exact) mass is 392 g/mol. The number of anilines is 1. The van der Waals surface area contributed by atoms with Gasteiger partial charge in [0.05, 0.1) is 9.95 Å². The molecule has 0 saturated carbocycles. The number of carbonyl (C=O) groups is 2. The van der Waals surface area contributed by atoms with Crippen molar-refractivity contribution in [2.45, 2.75) is 13.0 Å². The number of rotatable bonds is 6. The molecule has 7 nitrogen and oxygen atoms in total. The van der Waals surface area contributed by atoms with Gasteiger partial charge in [-0.05, 0) is 36.8 Å². The van der Waals surface area contributed by atoms with E-state index in [9.17, 15) is 24.1 Å². The molecule has 1 amide bonds. The maximum atomic E-state index is 13.1. The lowest BCUT2D eigenvalue weighted by molar-refractivity contribution is -0.383. The Morgan fingerprint density at radius 3 is 2.67 bits per heavy atom. The van der Waals surface area contributed by atoms with Crippen LogP contribution in [0.3, 0.4) is 0 Å². The topological polar surface area (TPSA) is 98.5 Å². The van der Waals surface area contributed by atoms with E-state index in [1.807, 2.05) is 0 Å². The average molecular weight is 393 g/mol. The molecule has 0 bridgehead atoms. The van der Waals surface area contributed by atoms with Gasteiger partial charge in [-0.15, -0.1) is 0 Å². The van der Waals surface area contributed by atoms with E-state index >= 15 is 0 Å². The molecular formula is C18H14ClFN2O5. The van der Waals surface area contributed by atoms with E-state index in [4.69, 9.17) is 16.3 Å². The van der Waals surface area contributed by atoms with E-state index in [-0.39, 0.29) is 16.4 Å². The lowest BCUT2D eigenvalue weighted by Gasteiger charge is -2.12. The fraction of sp³-hybridized carbons (Fsp3) is 0.111. The van der Waals surface area contributed by atoms with Crippen LogP contribution in [0.1, 0.15) is 12.5 Å². The second kappa shape index (κ2) is 8.91. The Kier molecular flexibility index (Phi) is 6.62. The maximum Gasteiger partial charge on any atom is 0.331 e. The minimum absolute atomic E-state index is 0.00750. The first-order chi connectivity index (χ1) is 12.8. The van der Waals surface area contributed by atoms with Crippen LogP contribution >= 0.6 is 11.6 Å². The SMILES string of the molecule is C[C@@H](OC(=O)/C=C/c1ccc(F)c(Cl)c1)C(=O)Nc1ccccc1[N+](=O)[O-]. The van der Waals surface area contributed by atoms with Crippen molar-refractivity contribution in [2.24, 2.45) is 0 Å². The fourth-order valence-electron chi connectivity index (χ4n) is 2.02. The van der Waals surface area contributed by atoms with Gasteiger partial charge in [0.15, 0.2) is 6.10 Å². The van der Waals surface area contributed by atoms with Gasteiger partial charge in [0, 0.05) is 12.1 Å². The van der Waals surface area contributed by atoms with Gasteiger partial charge in [0.25, 0.3) is 11.6 Å². The summed E-state index contributed by atoms with van der Waals surface area (Å²) in [5.74, 6) is -2.13. The number of nitro benzene ring substituents is 1. The number of ether oxygens (including phenoxy) is 1. The highest BCUT2D eigenvalue weighted by Crippen LogP contribution is 2.23. The van der Waals surface area contributed by atoms with Gasteiger partial charge in [-0.1, -0.05) is 29.8 Å². The van der Waals surface area contributed by atoms with Gasteiger partial charge in [-0.25, -0.2) is 9.18 Å². The van der Waals surface area contributed by atoms with Crippen molar-refractivity contribution < 1.29 is 23.6 Å². The average Bonchev–Trinajstić information content (AvgIpc) is 2.63. The van der Waals surface area contributed by atoms with Crippen molar-refractivity contribution in [2.75, 3.05) is 5.32 Å². The molecule has 1 atom stereocenters. The van der Waals surface area contributed by atoms with E-state index in [2.05, 4.69) is 5.32 Å². The Hall–Kier alpha value is -3.26. The van der Waals surface area contributed by atoms with Crippen molar-refractivity contribution in [3.05, 3.63) is 75.1 Å². The summed E-state index contributed by atoms with van der Waals surface area (Å²) in [4.78, 5) is 34.2. The van der Waals surface area contributed by atoms with E-state index in [1.165, 1.54) is 49.4 Å². The zero-order chi connectivity index (χ0) is 20.0. The van der Waals surface area contributed by atoms with Crippen LogP contribution in [0.25, 0.3) is 6.08 Å². The summed E-state index contributed by atoms with van der Waals surface area (Å²) >= 11 is 5.64. The minimum atomic E-state index is -1.20. The summed E-state index contributed by atoms with van der Waals surface area (Å²) in [6.07, 6.45) is 1.21. The van der Waals surface area contributed by atoms with Crippen molar-refractivity contribution in [1.29, 1.82) is 0 Å². The predicted molar refractivity (Wildman–Crippen MR) is 97.7 cm³/mol. The molecule has 1 N–H and O–H groups in total. The van der Waals surface area contributed by atoms with Gasteiger partial charge >= 0.3 is 5.97 Å². The molecule has 0 radical (unpaired) electrons. The van der Waals surface area contributed by atoms with Crippen LogP contribution < -0.4 is 5.32 Å². The van der Waals surface area contributed by atoms with Crippen LogP contribution in [0.2, 0.25) is 5.02 Å². The third-order valence-electron chi connectivity index (χ3n) is 3.38. The first-order valence-electron chi connectivity index (χ1n) is 7.66. The molecule has 0 heterocycles. The van der Waals surface area contributed by atoms with Gasteiger partial charge in [0.2, 0.25) is 0 Å². The third kappa shape index (κ3) is 5.61. The summed E-state index contributed by atoms with van der Waals surface area (Å²) in [6.45, 7) is 1.32. The zero-order valence-electron chi connectivity index (χ0n) is 14.0. The number of nitrogens with zero attached hydrogens (tertiary/aromatic N) is 1. The van der Waals surface area contributed by atoms with Crippen LogP contribution in [0.4, 0.5) is 15.8 Å². The number of amides is 1. The molecular weight excluding hydrogens is 379 g/mol. The number of halogens is 2. The highest BCUT2D eigenvalue weighted by Gasteiger charge is 2.20. The molecule has 2 rings (SSSR count). The van der Waals surface area contributed by atoms with Gasteiger partial charge in [-0.3, -0.25) is 14.9 Å². The molecule has 2 aromatic rings. The molecule has 9 heteroatoms. The molecule has 0 aliphatic rings. The Morgan fingerprint density at radius 1 is 1.30 bits per heavy atom. The van der Waals surface area contributed by atoms with E-state index < -0.39 is 28.7 Å². The molecule has 0 aliphatic carbocycles. The smallest absolute Gasteiger partial charge is 0.331 e. The molecule has 0 aliphatic heterocycles. The van der Waals surface area contributed by atoms with E-state index in [0.29, 0.717) is 5.56 Å². The van der Waals surface area contributed by atoms with Crippen molar-refractivity contribution in [3.63, 3.8) is 0 Å². The maximum absolute atomic E-state index is 13.1. The Labute approximate surface area is 158 Å². The summed E-state index contributed by atoms with van der Waals surface area (Å²) in [5.41, 5.74) is 0.180. The molecule has 2 aromatic carbocycles. The number of benzene rings is 2. The van der Waals surface area contributed by atoms with Crippen LogP contribution in [-0.2, 0) is 14.3 Å².